The average molecular weight is 402 g/mol. The fourth-order valence-electron chi connectivity index (χ4n) is 6.87. The van der Waals surface area contributed by atoms with Gasteiger partial charge >= 0.3 is 0 Å². The largest absolute Gasteiger partial charge is 0.312 e. The van der Waals surface area contributed by atoms with E-state index in [0.29, 0.717) is 5.41 Å². The molecule has 0 fully saturated rings. The normalized spacial score (nSPS) is 26.1. The summed E-state index contributed by atoms with van der Waals surface area (Å²) in [6, 6.07) is 0. The Morgan fingerprint density at radius 2 is 1.66 bits per heavy atom. The lowest BCUT2D eigenvalue weighted by atomic mass is 9.52. The van der Waals surface area contributed by atoms with Crippen LogP contribution in [0, 0.1) is 29.1 Å². The molecule has 5 unspecified atom stereocenters. The second-order valence-corrected chi connectivity index (χ2v) is 10.2. The Kier molecular flexibility index (Phi) is 10.5. The van der Waals surface area contributed by atoms with Crippen LogP contribution < -0.4 is 5.32 Å². The molecule has 1 nitrogen and oxygen atoms in total. The second kappa shape index (κ2) is 12.3. The Morgan fingerprint density at radius 3 is 2.31 bits per heavy atom. The third-order valence-electron chi connectivity index (χ3n) is 8.39. The van der Waals surface area contributed by atoms with E-state index in [0.717, 1.165) is 30.2 Å². The average Bonchev–Trinajstić information content (AvgIpc) is 2.74. The third-order valence-corrected chi connectivity index (χ3v) is 8.39. The zero-order valence-corrected chi connectivity index (χ0v) is 20.7. The predicted molar refractivity (Wildman–Crippen MR) is 130 cm³/mol. The Labute approximate surface area is 183 Å². The quantitative estimate of drug-likeness (QED) is 0.327. The molecule has 5 atom stereocenters. The summed E-state index contributed by atoms with van der Waals surface area (Å²) in [6.07, 6.45) is 19.8. The van der Waals surface area contributed by atoms with Crippen LogP contribution in [0.25, 0.3) is 0 Å². The Morgan fingerprint density at radius 1 is 0.931 bits per heavy atom. The Hall–Kier alpha value is -0.560. The molecule has 0 aromatic heterocycles. The van der Waals surface area contributed by atoms with Crippen LogP contribution in [-0.2, 0) is 0 Å². The van der Waals surface area contributed by atoms with E-state index in [-0.39, 0.29) is 0 Å². The summed E-state index contributed by atoms with van der Waals surface area (Å²) in [7, 11) is 0. The highest BCUT2D eigenvalue weighted by Gasteiger charge is 2.51. The fraction of sp³-hybridized carbons (Fsp3) is 0.857. The topological polar surface area (TPSA) is 12.0 Å². The maximum atomic E-state index is 3.94. The van der Waals surface area contributed by atoms with Gasteiger partial charge in [0, 0.05) is 18.5 Å². The Bertz CT molecular complexity index is 530. The summed E-state index contributed by atoms with van der Waals surface area (Å²) in [5.74, 6) is 3.27. The lowest BCUT2D eigenvalue weighted by Crippen LogP contribution is -2.54. The molecule has 1 N–H and O–H groups in total. The van der Waals surface area contributed by atoms with Crippen molar-refractivity contribution in [3.05, 3.63) is 23.3 Å². The molecule has 0 saturated carbocycles. The van der Waals surface area contributed by atoms with Gasteiger partial charge in [0.25, 0.3) is 0 Å². The zero-order valence-electron chi connectivity index (χ0n) is 20.7. The number of hydrogen-bond acceptors (Lipinski definition) is 1. The molecule has 1 heterocycles. The first-order valence-corrected chi connectivity index (χ1v) is 13.2. The molecule has 0 bridgehead atoms. The first-order chi connectivity index (χ1) is 14.1. The van der Waals surface area contributed by atoms with Gasteiger partial charge in [-0.3, -0.25) is 0 Å². The van der Waals surface area contributed by atoms with Gasteiger partial charge in [-0.25, -0.2) is 0 Å². The molecule has 29 heavy (non-hydrogen) atoms. The van der Waals surface area contributed by atoms with Crippen LogP contribution in [0.2, 0.25) is 0 Å². The van der Waals surface area contributed by atoms with Crippen molar-refractivity contribution in [3.63, 3.8) is 0 Å². The monoisotopic (exact) mass is 401 g/mol. The van der Waals surface area contributed by atoms with Crippen LogP contribution in [0.1, 0.15) is 112 Å². The second-order valence-electron chi connectivity index (χ2n) is 10.2. The molecule has 0 aromatic carbocycles. The molecule has 1 aliphatic carbocycles. The molecule has 1 heteroatoms. The minimum atomic E-state index is 0.358. The zero-order chi connectivity index (χ0) is 21.3. The van der Waals surface area contributed by atoms with Crippen LogP contribution in [0.3, 0.4) is 0 Å². The molecular weight excluding hydrogens is 350 g/mol. The predicted octanol–water partition coefficient (Wildman–Crippen LogP) is 8.32. The van der Waals surface area contributed by atoms with Crippen LogP contribution >= 0.6 is 0 Å². The molecule has 1 aliphatic heterocycles. The number of hydrogen-bond donors (Lipinski definition) is 1. The van der Waals surface area contributed by atoms with Gasteiger partial charge in [0.15, 0.2) is 0 Å². The molecule has 0 aromatic rings. The number of rotatable bonds is 13. The molecule has 2 aliphatic rings. The maximum Gasteiger partial charge on any atom is 0.0205 e. The van der Waals surface area contributed by atoms with Gasteiger partial charge in [0.1, 0.15) is 0 Å². The lowest BCUT2D eigenvalue weighted by molar-refractivity contribution is 0.0224. The third kappa shape index (κ3) is 5.57. The highest BCUT2D eigenvalue weighted by atomic mass is 14.9. The van der Waals surface area contributed by atoms with E-state index in [9.17, 15) is 0 Å². The minimum absolute atomic E-state index is 0.358. The van der Waals surface area contributed by atoms with Gasteiger partial charge in [-0.05, 0) is 48.5 Å². The molecule has 0 amide bonds. The smallest absolute Gasteiger partial charge is 0.0205 e. The fourth-order valence-corrected chi connectivity index (χ4v) is 6.87. The summed E-state index contributed by atoms with van der Waals surface area (Å²) in [5, 5.41) is 3.94. The van der Waals surface area contributed by atoms with E-state index >= 15 is 0 Å². The van der Waals surface area contributed by atoms with Crippen molar-refractivity contribution in [2.45, 2.75) is 112 Å². The maximum absolute atomic E-state index is 3.94. The highest BCUT2D eigenvalue weighted by molar-refractivity contribution is 5.39. The first-order valence-electron chi connectivity index (χ1n) is 13.2. The molecule has 2 rings (SSSR count). The van der Waals surface area contributed by atoms with Crippen LogP contribution in [0.15, 0.2) is 23.3 Å². The molecule has 168 valence electrons. The number of unbranched alkanes of at least 4 members (excludes halogenated alkanes) is 1. The van der Waals surface area contributed by atoms with Gasteiger partial charge in [-0.2, -0.15) is 0 Å². The minimum Gasteiger partial charge on any atom is -0.312 e. The van der Waals surface area contributed by atoms with E-state index < -0.39 is 0 Å². The molecular formula is C28H51N. The SMILES string of the molecule is CCCCC(CCC)C(CCC)C1(C(C)C(C)CCC)CNCC2=C1CCC=C2. The van der Waals surface area contributed by atoms with E-state index in [1.807, 2.05) is 5.57 Å². The molecule has 0 radical (unpaired) electrons. The van der Waals surface area contributed by atoms with Gasteiger partial charge in [0.05, 0.1) is 0 Å². The van der Waals surface area contributed by atoms with Crippen LogP contribution in [0.4, 0.5) is 0 Å². The van der Waals surface area contributed by atoms with Crippen molar-refractivity contribution >= 4 is 0 Å². The molecule has 0 saturated heterocycles. The summed E-state index contributed by atoms with van der Waals surface area (Å²) < 4.78 is 0. The summed E-state index contributed by atoms with van der Waals surface area (Å²) >= 11 is 0. The van der Waals surface area contributed by atoms with Crippen molar-refractivity contribution in [2.24, 2.45) is 29.1 Å². The first kappa shape index (κ1) is 24.7. The van der Waals surface area contributed by atoms with Crippen molar-refractivity contribution in [3.8, 4) is 0 Å². The van der Waals surface area contributed by atoms with Gasteiger partial charge in [0.2, 0.25) is 0 Å². The standard InChI is InChI=1S/C28H51N/c1-7-11-17-24(15-9-3)26(16-10-4)28(23(6)22(5)14-8-2)21-29-20-25-18-12-13-19-27(25)28/h12,18,22-24,26,29H,7-11,13-17,19-21H2,1-6H3. The van der Waals surface area contributed by atoms with E-state index in [4.69, 9.17) is 0 Å². The van der Waals surface area contributed by atoms with Gasteiger partial charge in [-0.1, -0.05) is 111 Å². The van der Waals surface area contributed by atoms with Gasteiger partial charge in [-0.15, -0.1) is 0 Å². The lowest BCUT2D eigenvalue weighted by Gasteiger charge is -2.55. The van der Waals surface area contributed by atoms with Crippen LogP contribution in [-0.4, -0.2) is 13.1 Å². The van der Waals surface area contributed by atoms with Gasteiger partial charge < -0.3 is 5.32 Å². The van der Waals surface area contributed by atoms with Crippen molar-refractivity contribution in [2.75, 3.05) is 13.1 Å². The van der Waals surface area contributed by atoms with Crippen molar-refractivity contribution in [1.82, 2.24) is 5.32 Å². The molecule has 0 spiro atoms. The van der Waals surface area contributed by atoms with Crippen LogP contribution in [0.5, 0.6) is 0 Å². The Balaban J connectivity index is 2.57. The summed E-state index contributed by atoms with van der Waals surface area (Å²) in [5.41, 5.74) is 3.87. The number of allylic oxidation sites excluding steroid dienone is 1. The van der Waals surface area contributed by atoms with E-state index in [2.05, 4.69) is 59.0 Å². The van der Waals surface area contributed by atoms with E-state index in [1.54, 1.807) is 5.57 Å². The van der Waals surface area contributed by atoms with Crippen molar-refractivity contribution in [1.29, 1.82) is 0 Å². The summed E-state index contributed by atoms with van der Waals surface area (Å²) in [6.45, 7) is 17.1. The van der Waals surface area contributed by atoms with E-state index in [1.165, 1.54) is 77.2 Å². The van der Waals surface area contributed by atoms with Crippen molar-refractivity contribution < 1.29 is 0 Å². The highest BCUT2D eigenvalue weighted by Crippen LogP contribution is 2.56. The summed E-state index contributed by atoms with van der Waals surface area (Å²) in [4.78, 5) is 0. The number of nitrogens with one attached hydrogen (secondary N) is 1.